The van der Waals surface area contributed by atoms with E-state index >= 15 is 0 Å². The number of H-pyrrole nitrogens is 1. The van der Waals surface area contributed by atoms with Crippen molar-refractivity contribution in [2.24, 2.45) is 0 Å². The lowest BCUT2D eigenvalue weighted by Crippen LogP contribution is -2.32. The number of nitrogens with zero attached hydrogens (tertiary/aromatic N) is 4. The van der Waals surface area contributed by atoms with Crippen molar-refractivity contribution in [3.05, 3.63) is 64.5 Å². The van der Waals surface area contributed by atoms with Crippen molar-refractivity contribution in [3.8, 4) is 0 Å². The molecule has 3 aromatic heterocycles. The zero-order valence-corrected chi connectivity index (χ0v) is 14.0. The maximum atomic E-state index is 12.2. The maximum Gasteiger partial charge on any atom is 0.272 e. The van der Waals surface area contributed by atoms with E-state index in [4.69, 9.17) is 4.74 Å². The Balaban J connectivity index is 1.56. The molecule has 4 rings (SSSR count). The summed E-state index contributed by atoms with van der Waals surface area (Å²) in [5, 5.41) is 2.87. The lowest BCUT2D eigenvalue weighted by Gasteiger charge is -2.24. The van der Waals surface area contributed by atoms with Crippen LogP contribution in [0, 0.1) is 0 Å². The smallest absolute Gasteiger partial charge is 0.272 e. The molecule has 1 aliphatic heterocycles. The van der Waals surface area contributed by atoms with Crippen LogP contribution < -0.4 is 5.56 Å². The summed E-state index contributed by atoms with van der Waals surface area (Å²) in [6, 6.07) is 7.40. The van der Waals surface area contributed by atoms with Crippen LogP contribution >= 0.6 is 0 Å². The van der Waals surface area contributed by atoms with Crippen LogP contribution in [-0.4, -0.2) is 43.7 Å². The maximum absolute atomic E-state index is 12.2. The molecular formula is C18H21N5O2. The van der Waals surface area contributed by atoms with Crippen LogP contribution in [0.5, 0.6) is 0 Å². The minimum Gasteiger partial charge on any atom is -0.377 e. The monoisotopic (exact) mass is 339 g/mol. The molecule has 0 amide bonds. The first kappa shape index (κ1) is 16.0. The molecule has 1 N–H and O–H groups in total. The second kappa shape index (κ2) is 7.16. The van der Waals surface area contributed by atoms with E-state index in [0.717, 1.165) is 43.8 Å². The third kappa shape index (κ3) is 3.78. The molecule has 130 valence electrons. The van der Waals surface area contributed by atoms with E-state index in [9.17, 15) is 4.79 Å². The zero-order valence-electron chi connectivity index (χ0n) is 14.0. The quantitative estimate of drug-likeness (QED) is 0.738. The van der Waals surface area contributed by atoms with E-state index in [1.165, 1.54) is 4.52 Å². The standard InChI is InChI=1S/C18H21N5O2/c24-18-9-15(21-17-5-7-20-23(17)18)12-22(13-16-4-2-8-25-16)11-14-3-1-6-19-10-14/h1,3,5-7,9-10,16,20H,2,4,8,11-13H2/t16-/m1/s1. The highest BCUT2D eigenvalue weighted by Crippen LogP contribution is 2.16. The van der Waals surface area contributed by atoms with E-state index < -0.39 is 0 Å². The van der Waals surface area contributed by atoms with E-state index in [2.05, 4.69) is 26.0 Å². The van der Waals surface area contributed by atoms with Gasteiger partial charge in [-0.15, -0.1) is 0 Å². The van der Waals surface area contributed by atoms with Crippen molar-refractivity contribution in [1.82, 2.24) is 24.5 Å². The van der Waals surface area contributed by atoms with Gasteiger partial charge in [0.2, 0.25) is 0 Å². The number of ether oxygens (including phenoxy) is 1. The Bertz CT molecular complexity index is 883. The second-order valence-electron chi connectivity index (χ2n) is 6.41. The number of fused-ring (bicyclic) bond motifs is 1. The predicted octanol–water partition coefficient (Wildman–Crippen LogP) is 1.60. The molecule has 7 nitrogen and oxygen atoms in total. The molecule has 7 heteroatoms. The van der Waals surface area contributed by atoms with Crippen molar-refractivity contribution in [1.29, 1.82) is 0 Å². The molecule has 0 spiro atoms. The summed E-state index contributed by atoms with van der Waals surface area (Å²) in [5.74, 6) is 0. The fourth-order valence-electron chi connectivity index (χ4n) is 3.30. The number of hydrogen-bond acceptors (Lipinski definition) is 5. The third-order valence-corrected chi connectivity index (χ3v) is 4.43. The largest absolute Gasteiger partial charge is 0.377 e. The van der Waals surface area contributed by atoms with E-state index in [1.807, 2.05) is 12.3 Å². The summed E-state index contributed by atoms with van der Waals surface area (Å²) >= 11 is 0. The number of nitrogens with one attached hydrogen (secondary N) is 1. The Labute approximate surface area is 145 Å². The van der Waals surface area contributed by atoms with Gasteiger partial charge in [0.05, 0.1) is 11.8 Å². The van der Waals surface area contributed by atoms with Gasteiger partial charge in [0.1, 0.15) is 0 Å². The van der Waals surface area contributed by atoms with Crippen LogP contribution in [0.3, 0.4) is 0 Å². The topological polar surface area (TPSA) is 75.5 Å². The van der Waals surface area contributed by atoms with Crippen LogP contribution in [0.15, 0.2) is 47.7 Å². The molecule has 1 aliphatic rings. The zero-order chi connectivity index (χ0) is 17.1. The van der Waals surface area contributed by atoms with Crippen molar-refractivity contribution < 1.29 is 4.74 Å². The van der Waals surface area contributed by atoms with Gasteiger partial charge in [-0.25, -0.2) is 9.50 Å². The van der Waals surface area contributed by atoms with Crippen molar-refractivity contribution >= 4 is 5.65 Å². The minimum absolute atomic E-state index is 0.0940. The Kier molecular flexibility index (Phi) is 4.58. The first-order valence-electron chi connectivity index (χ1n) is 8.57. The Hall–Kier alpha value is -2.51. The molecule has 0 radical (unpaired) electrons. The molecule has 0 saturated carbocycles. The molecule has 0 aliphatic carbocycles. The summed E-state index contributed by atoms with van der Waals surface area (Å²) < 4.78 is 7.23. The van der Waals surface area contributed by atoms with E-state index in [1.54, 1.807) is 24.5 Å². The SMILES string of the molecule is O=c1cc(CN(Cc2cccnc2)C[C@H]2CCCO2)nc2cc[nH]n12. The normalized spacial score (nSPS) is 17.6. The van der Waals surface area contributed by atoms with Gasteiger partial charge in [0, 0.05) is 57.0 Å². The van der Waals surface area contributed by atoms with Crippen LogP contribution in [0.4, 0.5) is 0 Å². The summed E-state index contributed by atoms with van der Waals surface area (Å²) in [6.45, 7) is 3.01. The fourth-order valence-corrected chi connectivity index (χ4v) is 3.30. The van der Waals surface area contributed by atoms with Gasteiger partial charge in [-0.05, 0) is 24.5 Å². The number of aromatic nitrogens is 4. The molecule has 0 bridgehead atoms. The van der Waals surface area contributed by atoms with Gasteiger partial charge in [-0.2, -0.15) is 0 Å². The molecule has 1 atom stereocenters. The first-order chi connectivity index (χ1) is 12.3. The van der Waals surface area contributed by atoms with Crippen LogP contribution in [0.2, 0.25) is 0 Å². The van der Waals surface area contributed by atoms with Crippen molar-refractivity contribution in [3.63, 3.8) is 0 Å². The number of pyridine rings is 1. The van der Waals surface area contributed by atoms with E-state index in [-0.39, 0.29) is 11.7 Å². The predicted molar refractivity (Wildman–Crippen MR) is 93.1 cm³/mol. The fraction of sp³-hybridized carbons (Fsp3) is 0.389. The summed E-state index contributed by atoms with van der Waals surface area (Å²) in [6.07, 6.45) is 7.80. The average molecular weight is 339 g/mol. The molecular weight excluding hydrogens is 318 g/mol. The van der Waals surface area contributed by atoms with Gasteiger partial charge in [0.15, 0.2) is 5.65 Å². The molecule has 25 heavy (non-hydrogen) atoms. The summed E-state index contributed by atoms with van der Waals surface area (Å²) in [5.41, 5.74) is 2.45. The molecule has 0 aromatic carbocycles. The van der Waals surface area contributed by atoms with Crippen LogP contribution in [0.1, 0.15) is 24.1 Å². The second-order valence-corrected chi connectivity index (χ2v) is 6.41. The van der Waals surface area contributed by atoms with Crippen LogP contribution in [-0.2, 0) is 17.8 Å². The molecule has 3 aromatic rings. The number of aromatic amines is 1. The minimum atomic E-state index is -0.0940. The first-order valence-corrected chi connectivity index (χ1v) is 8.57. The van der Waals surface area contributed by atoms with Crippen LogP contribution in [0.25, 0.3) is 5.65 Å². The third-order valence-electron chi connectivity index (χ3n) is 4.43. The highest BCUT2D eigenvalue weighted by Gasteiger charge is 2.20. The van der Waals surface area contributed by atoms with Crippen molar-refractivity contribution in [2.75, 3.05) is 13.2 Å². The van der Waals surface area contributed by atoms with Gasteiger partial charge in [-0.1, -0.05) is 6.07 Å². The Morgan fingerprint density at radius 3 is 3.12 bits per heavy atom. The highest BCUT2D eigenvalue weighted by atomic mass is 16.5. The van der Waals surface area contributed by atoms with E-state index in [0.29, 0.717) is 12.2 Å². The summed E-state index contributed by atoms with van der Waals surface area (Å²) in [4.78, 5) is 23.2. The van der Waals surface area contributed by atoms with Crippen molar-refractivity contribution in [2.45, 2.75) is 32.0 Å². The number of rotatable bonds is 6. The van der Waals surface area contributed by atoms with Gasteiger partial charge < -0.3 is 4.74 Å². The summed E-state index contributed by atoms with van der Waals surface area (Å²) in [7, 11) is 0. The molecule has 1 fully saturated rings. The molecule has 0 unspecified atom stereocenters. The lowest BCUT2D eigenvalue weighted by molar-refractivity contribution is 0.0674. The lowest BCUT2D eigenvalue weighted by atomic mass is 10.2. The Morgan fingerprint density at radius 1 is 1.36 bits per heavy atom. The van der Waals surface area contributed by atoms with Gasteiger partial charge in [-0.3, -0.25) is 19.8 Å². The van der Waals surface area contributed by atoms with Gasteiger partial charge >= 0.3 is 0 Å². The highest BCUT2D eigenvalue weighted by molar-refractivity contribution is 5.36. The Morgan fingerprint density at radius 2 is 2.32 bits per heavy atom. The average Bonchev–Trinajstić information content (AvgIpc) is 3.27. The molecule has 1 saturated heterocycles. The molecule has 4 heterocycles. The number of hydrogen-bond donors (Lipinski definition) is 1. The van der Waals surface area contributed by atoms with Gasteiger partial charge in [0.25, 0.3) is 5.56 Å².